The maximum atomic E-state index is 13.5. The number of hydrogen-bond donors (Lipinski definition) is 0. The van der Waals surface area contributed by atoms with Gasteiger partial charge in [0.15, 0.2) is 0 Å². The van der Waals surface area contributed by atoms with Gasteiger partial charge >= 0.3 is 155 Å². The van der Waals surface area contributed by atoms with E-state index in [1.54, 1.807) is 6.07 Å². The van der Waals surface area contributed by atoms with Gasteiger partial charge < -0.3 is 0 Å². The van der Waals surface area contributed by atoms with Gasteiger partial charge in [-0.15, -0.1) is 0 Å². The molecule has 0 unspecified atom stereocenters. The molecule has 1 aromatic heterocycles. The molecular weight excluding hydrogens is 422 g/mol. The third kappa shape index (κ3) is 5.08. The van der Waals surface area contributed by atoms with Crippen LogP contribution in [-0.4, -0.2) is 18.4 Å². The molecule has 0 aliphatic heterocycles. The fourth-order valence-electron chi connectivity index (χ4n) is 3.78. The SMILES string of the molecule is CCC[CH2][Sn]([CH2]CCC)([CH2]CCC)[c]1cc2ccc(F)cc2oc1=O. The zero-order valence-electron chi connectivity index (χ0n) is 15.9. The van der Waals surface area contributed by atoms with Gasteiger partial charge in [-0.3, -0.25) is 0 Å². The van der Waals surface area contributed by atoms with Crippen LogP contribution in [0.2, 0.25) is 13.3 Å². The average Bonchev–Trinajstić information content (AvgIpc) is 2.61. The second kappa shape index (κ2) is 9.75. The van der Waals surface area contributed by atoms with Crippen LogP contribution in [0.3, 0.4) is 0 Å². The van der Waals surface area contributed by atoms with Crippen molar-refractivity contribution < 1.29 is 8.81 Å². The Morgan fingerprint density at radius 1 is 0.920 bits per heavy atom. The fourth-order valence-corrected chi connectivity index (χ4v) is 19.7. The summed E-state index contributed by atoms with van der Waals surface area (Å²) >= 11 is -2.83. The van der Waals surface area contributed by atoms with E-state index in [0.29, 0.717) is 5.58 Å². The first-order valence-electron chi connectivity index (χ1n) is 9.80. The van der Waals surface area contributed by atoms with Gasteiger partial charge in [0, 0.05) is 0 Å². The van der Waals surface area contributed by atoms with Gasteiger partial charge in [0.1, 0.15) is 0 Å². The van der Waals surface area contributed by atoms with Crippen molar-refractivity contribution >= 4 is 32.9 Å². The van der Waals surface area contributed by atoms with Crippen molar-refractivity contribution in [3.8, 4) is 0 Å². The van der Waals surface area contributed by atoms with E-state index in [-0.39, 0.29) is 11.4 Å². The molecule has 1 heterocycles. The van der Waals surface area contributed by atoms with Crippen molar-refractivity contribution in [2.45, 2.75) is 72.6 Å². The number of fused-ring (bicyclic) bond motifs is 1. The van der Waals surface area contributed by atoms with E-state index < -0.39 is 18.4 Å². The van der Waals surface area contributed by atoms with Crippen LogP contribution in [0.15, 0.2) is 33.5 Å². The molecule has 0 aliphatic carbocycles. The van der Waals surface area contributed by atoms with Crippen LogP contribution in [0.5, 0.6) is 0 Å². The zero-order valence-corrected chi connectivity index (χ0v) is 18.7. The Balaban J connectivity index is 2.56. The third-order valence-corrected chi connectivity index (χ3v) is 20.8. The van der Waals surface area contributed by atoms with Crippen LogP contribution >= 0.6 is 0 Å². The Bertz CT molecular complexity index is 716. The normalized spacial score (nSPS) is 12.0. The summed E-state index contributed by atoms with van der Waals surface area (Å²) in [5.41, 5.74) is 0.174. The maximum absolute atomic E-state index is 13.5. The Hall–Kier alpha value is -0.841. The molecule has 1 aromatic carbocycles. The molecule has 0 spiro atoms. The van der Waals surface area contributed by atoms with E-state index in [0.717, 1.165) is 8.97 Å². The van der Waals surface area contributed by atoms with Crippen molar-refractivity contribution in [3.05, 3.63) is 40.5 Å². The van der Waals surface area contributed by atoms with E-state index in [9.17, 15) is 9.18 Å². The molecule has 0 atom stereocenters. The van der Waals surface area contributed by atoms with Gasteiger partial charge in [0.25, 0.3) is 0 Å². The number of benzene rings is 1. The van der Waals surface area contributed by atoms with Gasteiger partial charge in [-0.1, -0.05) is 0 Å². The second-order valence-electron chi connectivity index (χ2n) is 7.22. The first-order valence-corrected chi connectivity index (χ1v) is 17.3. The Morgan fingerprint density at radius 2 is 1.48 bits per heavy atom. The molecule has 0 fully saturated rings. The van der Waals surface area contributed by atoms with Crippen molar-refractivity contribution in [2.75, 3.05) is 0 Å². The van der Waals surface area contributed by atoms with Crippen molar-refractivity contribution in [2.24, 2.45) is 0 Å². The molecule has 4 heteroatoms. The van der Waals surface area contributed by atoms with Crippen LogP contribution in [-0.2, 0) is 0 Å². The van der Waals surface area contributed by atoms with Gasteiger partial charge in [-0.05, 0) is 0 Å². The van der Waals surface area contributed by atoms with E-state index in [2.05, 4.69) is 26.8 Å². The quantitative estimate of drug-likeness (QED) is 0.327. The van der Waals surface area contributed by atoms with Crippen LogP contribution in [0.25, 0.3) is 11.0 Å². The van der Waals surface area contributed by atoms with E-state index in [4.69, 9.17) is 4.42 Å². The summed E-state index contributed by atoms with van der Waals surface area (Å²) in [6.07, 6.45) is 7.10. The summed E-state index contributed by atoms with van der Waals surface area (Å²) in [5, 5.41) is 0.863. The molecule has 0 amide bonds. The molecule has 0 radical (unpaired) electrons. The van der Waals surface area contributed by atoms with Gasteiger partial charge in [-0.2, -0.15) is 0 Å². The van der Waals surface area contributed by atoms with E-state index >= 15 is 0 Å². The number of hydrogen-bond acceptors (Lipinski definition) is 2. The summed E-state index contributed by atoms with van der Waals surface area (Å²) in [4.78, 5) is 12.8. The van der Waals surface area contributed by atoms with Crippen LogP contribution < -0.4 is 9.20 Å². The molecule has 2 rings (SSSR count). The summed E-state index contributed by atoms with van der Waals surface area (Å²) in [7, 11) is 0. The summed E-state index contributed by atoms with van der Waals surface area (Å²) in [6, 6.07) is 6.57. The Morgan fingerprint density at radius 3 is 2.00 bits per heavy atom. The molecule has 2 nitrogen and oxygen atoms in total. The van der Waals surface area contributed by atoms with E-state index in [1.165, 1.54) is 64.0 Å². The molecule has 25 heavy (non-hydrogen) atoms. The second-order valence-corrected chi connectivity index (χ2v) is 20.3. The topological polar surface area (TPSA) is 30.2 Å². The number of rotatable bonds is 10. The van der Waals surface area contributed by atoms with Crippen LogP contribution in [0.1, 0.15) is 59.3 Å². The number of unbranched alkanes of at least 4 members (excludes halogenated alkanes) is 3. The molecule has 0 aliphatic rings. The molecule has 0 saturated carbocycles. The molecule has 2 aromatic rings. The van der Waals surface area contributed by atoms with Gasteiger partial charge in [0.05, 0.1) is 0 Å². The molecule has 0 bridgehead atoms. The third-order valence-electron chi connectivity index (χ3n) is 5.30. The first kappa shape index (κ1) is 20.5. The molecule has 138 valence electrons. The van der Waals surface area contributed by atoms with Crippen LogP contribution in [0.4, 0.5) is 4.39 Å². The molecule has 0 saturated heterocycles. The van der Waals surface area contributed by atoms with Crippen LogP contribution in [0, 0.1) is 5.82 Å². The molecular formula is C21H31FO2Sn. The minimum absolute atomic E-state index is 0.197. The van der Waals surface area contributed by atoms with Gasteiger partial charge in [0.2, 0.25) is 0 Å². The van der Waals surface area contributed by atoms with Gasteiger partial charge in [-0.25, -0.2) is 0 Å². The van der Waals surface area contributed by atoms with E-state index in [1.807, 2.05) is 0 Å². The van der Waals surface area contributed by atoms with Crippen molar-refractivity contribution in [3.63, 3.8) is 0 Å². The summed E-state index contributed by atoms with van der Waals surface area (Å²) in [6.45, 7) is 6.67. The zero-order chi connectivity index (χ0) is 18.3. The Labute approximate surface area is 154 Å². The minimum atomic E-state index is -2.83. The van der Waals surface area contributed by atoms with Crippen molar-refractivity contribution in [1.82, 2.24) is 0 Å². The summed E-state index contributed by atoms with van der Waals surface area (Å²) in [5.74, 6) is -0.360. The number of halogens is 1. The van der Waals surface area contributed by atoms with Crippen molar-refractivity contribution in [1.29, 1.82) is 0 Å². The molecule has 0 N–H and O–H groups in total. The standard InChI is InChI=1S/C9H4FO2.3C4H9.Sn/c10-7-3-1-6-2-4-9(11)12-8(6)5-7;3*1-3-4-2;/h1-3,5H;3*1,3-4H2,2H3;. The average molecular weight is 453 g/mol. The first-order chi connectivity index (χ1) is 12.1. The Kier molecular flexibility index (Phi) is 7.98. The monoisotopic (exact) mass is 454 g/mol. The predicted molar refractivity (Wildman–Crippen MR) is 107 cm³/mol. The predicted octanol–water partition coefficient (Wildman–Crippen LogP) is 5.99. The fraction of sp³-hybridized carbons (Fsp3) is 0.571. The summed E-state index contributed by atoms with van der Waals surface area (Å²) < 4.78 is 23.7.